The molecule has 1 aromatic heterocycles. The van der Waals surface area contributed by atoms with Gasteiger partial charge in [0.2, 0.25) is 5.88 Å². The van der Waals surface area contributed by atoms with Gasteiger partial charge in [-0.2, -0.15) is 0 Å². The van der Waals surface area contributed by atoms with Crippen LogP contribution in [0.2, 0.25) is 5.02 Å². The van der Waals surface area contributed by atoms with E-state index < -0.39 is 16.7 Å². The minimum atomic E-state index is -0.609. The molecule has 0 aliphatic carbocycles. The van der Waals surface area contributed by atoms with Crippen molar-refractivity contribution in [1.82, 2.24) is 10.4 Å². The van der Waals surface area contributed by atoms with Gasteiger partial charge in [-0.1, -0.05) is 29.8 Å². The zero-order valence-electron chi connectivity index (χ0n) is 17.0. The van der Waals surface area contributed by atoms with E-state index in [1.165, 1.54) is 37.5 Å². The van der Waals surface area contributed by atoms with Crippen molar-refractivity contribution in [3.8, 4) is 17.4 Å². The Morgan fingerprint density at radius 1 is 1.15 bits per heavy atom. The average molecular weight is 467 g/mol. The second-order valence-corrected chi connectivity index (χ2v) is 7.15. The van der Waals surface area contributed by atoms with Gasteiger partial charge in [0.15, 0.2) is 11.5 Å². The van der Waals surface area contributed by atoms with Crippen molar-refractivity contribution in [3.63, 3.8) is 0 Å². The number of hydrazine groups is 1. The molecule has 0 bridgehead atoms. The first-order chi connectivity index (χ1) is 15.9. The molecule has 1 aliphatic rings. The molecule has 2 heterocycles. The number of ether oxygens (including phenoxy) is 2. The number of benzene rings is 2. The van der Waals surface area contributed by atoms with Crippen LogP contribution in [-0.2, 0) is 9.59 Å². The van der Waals surface area contributed by atoms with E-state index in [9.17, 15) is 19.7 Å². The number of aromatic nitrogens is 1. The first kappa shape index (κ1) is 21.8. The van der Waals surface area contributed by atoms with Gasteiger partial charge in [0, 0.05) is 28.8 Å². The topological polar surface area (TPSA) is 124 Å². The zero-order valence-corrected chi connectivity index (χ0v) is 17.8. The number of anilines is 1. The van der Waals surface area contributed by atoms with Crippen molar-refractivity contribution in [2.75, 3.05) is 12.1 Å². The fourth-order valence-corrected chi connectivity index (χ4v) is 3.29. The monoisotopic (exact) mass is 466 g/mol. The van der Waals surface area contributed by atoms with Crippen molar-refractivity contribution in [2.24, 2.45) is 0 Å². The summed E-state index contributed by atoms with van der Waals surface area (Å²) < 4.78 is 11.1. The molecule has 4 rings (SSSR count). The van der Waals surface area contributed by atoms with Crippen molar-refractivity contribution in [2.45, 2.75) is 0 Å². The number of hydrogen-bond acceptors (Lipinski definition) is 7. The Kier molecular flexibility index (Phi) is 5.92. The maximum absolute atomic E-state index is 12.9. The summed E-state index contributed by atoms with van der Waals surface area (Å²) >= 11 is 6.19. The highest BCUT2D eigenvalue weighted by Crippen LogP contribution is 2.39. The van der Waals surface area contributed by atoms with E-state index in [0.29, 0.717) is 5.69 Å². The number of methoxy groups -OCH3 is 1. The molecule has 0 radical (unpaired) electrons. The molecule has 0 saturated carbocycles. The maximum Gasteiger partial charge on any atom is 0.287 e. The Morgan fingerprint density at radius 3 is 2.55 bits per heavy atom. The predicted octanol–water partition coefficient (Wildman–Crippen LogP) is 3.91. The molecular weight excluding hydrogens is 452 g/mol. The van der Waals surface area contributed by atoms with Crippen LogP contribution in [0.4, 0.5) is 11.4 Å². The van der Waals surface area contributed by atoms with Gasteiger partial charge in [0.05, 0.1) is 17.7 Å². The number of rotatable bonds is 6. The molecule has 10 nitrogen and oxygen atoms in total. The molecule has 1 fully saturated rings. The van der Waals surface area contributed by atoms with Gasteiger partial charge >= 0.3 is 0 Å². The van der Waals surface area contributed by atoms with Crippen molar-refractivity contribution < 1.29 is 24.0 Å². The number of amides is 2. The summed E-state index contributed by atoms with van der Waals surface area (Å²) in [6, 6.07) is 14.1. The van der Waals surface area contributed by atoms with Gasteiger partial charge in [0.1, 0.15) is 11.8 Å². The van der Waals surface area contributed by atoms with Crippen LogP contribution in [-0.4, -0.2) is 28.8 Å². The van der Waals surface area contributed by atoms with E-state index in [4.69, 9.17) is 21.1 Å². The van der Waals surface area contributed by atoms with E-state index in [-0.39, 0.29) is 39.2 Å². The SMILES string of the molecule is COc1cc(Cl)cc(C=C2C(=O)NN(c3ccccc3)C2=O)c1Oc1ccc([N+](=O)[O-])cn1. The van der Waals surface area contributed by atoms with Crippen molar-refractivity contribution in [1.29, 1.82) is 0 Å². The molecule has 0 unspecified atom stereocenters. The molecule has 11 heteroatoms. The first-order valence-corrected chi connectivity index (χ1v) is 9.83. The summed E-state index contributed by atoms with van der Waals surface area (Å²) in [4.78, 5) is 39.7. The summed E-state index contributed by atoms with van der Waals surface area (Å²) in [7, 11) is 1.39. The third-order valence-electron chi connectivity index (χ3n) is 4.61. The van der Waals surface area contributed by atoms with Gasteiger partial charge in [0.25, 0.3) is 17.5 Å². The van der Waals surface area contributed by atoms with Crippen LogP contribution in [0.1, 0.15) is 5.56 Å². The number of carbonyl (C=O) groups is 2. The van der Waals surface area contributed by atoms with E-state index in [0.717, 1.165) is 11.2 Å². The number of hydrogen-bond donors (Lipinski definition) is 1. The Hall–Kier alpha value is -4.44. The van der Waals surface area contributed by atoms with Crippen LogP contribution in [0.25, 0.3) is 6.08 Å². The molecule has 1 aliphatic heterocycles. The van der Waals surface area contributed by atoms with E-state index >= 15 is 0 Å². The van der Waals surface area contributed by atoms with Gasteiger partial charge in [-0.05, 0) is 24.3 Å². The summed E-state index contributed by atoms with van der Waals surface area (Å²) in [5.41, 5.74) is 2.93. The molecular formula is C22H15ClN4O6. The molecule has 0 spiro atoms. The van der Waals surface area contributed by atoms with E-state index in [2.05, 4.69) is 10.4 Å². The third kappa shape index (κ3) is 4.46. The highest BCUT2D eigenvalue weighted by atomic mass is 35.5. The van der Waals surface area contributed by atoms with Gasteiger partial charge in [-0.15, -0.1) is 0 Å². The molecule has 33 heavy (non-hydrogen) atoms. The average Bonchev–Trinajstić information content (AvgIpc) is 3.09. The van der Waals surface area contributed by atoms with Crippen LogP contribution in [0.5, 0.6) is 17.4 Å². The smallest absolute Gasteiger partial charge is 0.287 e. The van der Waals surface area contributed by atoms with E-state index in [1.807, 2.05) is 0 Å². The highest BCUT2D eigenvalue weighted by Gasteiger charge is 2.34. The lowest BCUT2D eigenvalue weighted by molar-refractivity contribution is -0.385. The summed E-state index contributed by atoms with van der Waals surface area (Å²) in [5.74, 6) is -0.810. The van der Waals surface area contributed by atoms with Crippen LogP contribution in [0.3, 0.4) is 0 Å². The minimum absolute atomic E-state index is 0.0361. The lowest BCUT2D eigenvalue weighted by Gasteiger charge is -2.14. The third-order valence-corrected chi connectivity index (χ3v) is 4.83. The second-order valence-electron chi connectivity index (χ2n) is 6.72. The Bertz CT molecular complexity index is 1280. The minimum Gasteiger partial charge on any atom is -0.493 e. The second kappa shape index (κ2) is 8.97. The number of nitrogens with one attached hydrogen (secondary N) is 1. The van der Waals surface area contributed by atoms with Crippen molar-refractivity contribution in [3.05, 3.63) is 87.1 Å². The molecule has 2 amide bonds. The van der Waals surface area contributed by atoms with E-state index in [1.54, 1.807) is 30.3 Å². The fraction of sp³-hybridized carbons (Fsp3) is 0.0455. The lowest BCUT2D eigenvalue weighted by Crippen LogP contribution is -2.35. The summed E-state index contributed by atoms with van der Waals surface area (Å²) in [6.07, 6.45) is 2.37. The quantitative estimate of drug-likeness (QED) is 0.253. The number of pyridine rings is 1. The van der Waals surface area contributed by atoms with Crippen LogP contribution in [0, 0.1) is 10.1 Å². The number of carbonyl (C=O) groups excluding carboxylic acids is 2. The number of halogens is 1. The standard InChI is InChI=1S/C22H15ClN4O6/c1-32-18-11-14(23)9-13(20(18)33-19-8-7-16(12-24-19)27(30)31)10-17-21(28)25-26(22(17)29)15-5-3-2-4-6-15/h2-12H,1H3,(H,25,28). The van der Waals surface area contributed by atoms with Gasteiger partial charge in [-0.25, -0.2) is 9.99 Å². The van der Waals surface area contributed by atoms with Gasteiger partial charge in [-0.3, -0.25) is 25.1 Å². The maximum atomic E-state index is 12.9. The fourth-order valence-electron chi connectivity index (χ4n) is 3.07. The van der Waals surface area contributed by atoms with Gasteiger partial charge < -0.3 is 9.47 Å². The summed E-state index contributed by atoms with van der Waals surface area (Å²) in [6.45, 7) is 0. The van der Waals surface area contributed by atoms with Crippen molar-refractivity contribution >= 4 is 40.9 Å². The lowest BCUT2D eigenvalue weighted by atomic mass is 10.1. The first-order valence-electron chi connectivity index (χ1n) is 9.45. The summed E-state index contributed by atoms with van der Waals surface area (Å²) in [5, 5.41) is 12.3. The highest BCUT2D eigenvalue weighted by molar-refractivity contribution is 6.32. The predicted molar refractivity (Wildman–Crippen MR) is 119 cm³/mol. The van der Waals surface area contributed by atoms with Crippen LogP contribution in [0.15, 0.2) is 66.4 Å². The largest absolute Gasteiger partial charge is 0.493 e. The number of nitro groups is 1. The Labute approximate surface area is 192 Å². The molecule has 3 aromatic rings. The normalized spacial score (nSPS) is 14.4. The number of nitrogens with zero attached hydrogens (tertiary/aromatic N) is 3. The molecule has 1 N–H and O–H groups in total. The Morgan fingerprint density at radius 2 is 1.91 bits per heavy atom. The Balaban J connectivity index is 1.73. The number of para-hydroxylation sites is 1. The molecule has 0 atom stereocenters. The van der Waals surface area contributed by atoms with Crippen LogP contribution >= 0.6 is 11.6 Å². The zero-order chi connectivity index (χ0) is 23.5. The van der Waals surface area contributed by atoms with Crippen LogP contribution < -0.4 is 19.9 Å². The molecule has 166 valence electrons. The molecule has 1 saturated heterocycles. The molecule has 2 aromatic carbocycles.